The van der Waals surface area contributed by atoms with E-state index in [1.165, 1.54) is 7.11 Å². The van der Waals surface area contributed by atoms with Crippen molar-refractivity contribution in [2.75, 3.05) is 7.11 Å². The summed E-state index contributed by atoms with van der Waals surface area (Å²) in [4.78, 5) is 12.1. The molecule has 0 spiro atoms. The largest absolute Gasteiger partial charge is 0.467 e. The van der Waals surface area contributed by atoms with Crippen molar-refractivity contribution < 1.29 is 19.7 Å². The van der Waals surface area contributed by atoms with Gasteiger partial charge in [0.1, 0.15) is 0 Å². The molecule has 21 heavy (non-hydrogen) atoms. The third kappa shape index (κ3) is 3.63. The van der Waals surface area contributed by atoms with Crippen molar-refractivity contribution in [2.24, 2.45) is 5.92 Å². The second-order valence-corrected chi connectivity index (χ2v) is 5.92. The molecule has 0 heterocycles. The van der Waals surface area contributed by atoms with Gasteiger partial charge in [-0.2, -0.15) is 0 Å². The molecule has 4 heteroatoms. The van der Waals surface area contributed by atoms with Crippen molar-refractivity contribution >= 4 is 5.97 Å². The zero-order valence-electron chi connectivity index (χ0n) is 12.5. The number of benzene rings is 1. The first-order valence-electron chi connectivity index (χ1n) is 7.60. The fraction of sp³-hybridized carbons (Fsp3) is 0.588. The molecule has 1 fully saturated rings. The van der Waals surface area contributed by atoms with E-state index < -0.39 is 17.7 Å². The lowest BCUT2D eigenvalue weighted by atomic mass is 9.76. The van der Waals surface area contributed by atoms with E-state index in [2.05, 4.69) is 0 Å². The molecule has 0 radical (unpaired) electrons. The Morgan fingerprint density at radius 3 is 2.48 bits per heavy atom. The Morgan fingerprint density at radius 1 is 1.29 bits per heavy atom. The monoisotopic (exact) mass is 292 g/mol. The zero-order chi connectivity index (χ0) is 15.3. The molecular weight excluding hydrogens is 268 g/mol. The van der Waals surface area contributed by atoms with Crippen molar-refractivity contribution in [3.63, 3.8) is 0 Å². The fourth-order valence-electron chi connectivity index (χ4n) is 3.22. The average molecular weight is 292 g/mol. The molecule has 116 valence electrons. The highest BCUT2D eigenvalue weighted by Crippen LogP contribution is 2.33. The van der Waals surface area contributed by atoms with Crippen LogP contribution in [-0.4, -0.2) is 35.0 Å². The van der Waals surface area contributed by atoms with Crippen LogP contribution in [-0.2, 0) is 16.0 Å². The average Bonchev–Trinajstić information content (AvgIpc) is 2.55. The Hall–Kier alpha value is -1.39. The molecule has 4 nitrogen and oxygen atoms in total. The van der Waals surface area contributed by atoms with Gasteiger partial charge >= 0.3 is 5.97 Å². The van der Waals surface area contributed by atoms with Gasteiger partial charge in [0.25, 0.3) is 0 Å². The lowest BCUT2D eigenvalue weighted by molar-refractivity contribution is -0.181. The van der Waals surface area contributed by atoms with Crippen LogP contribution >= 0.6 is 0 Å². The highest BCUT2D eigenvalue weighted by molar-refractivity contribution is 5.80. The second-order valence-electron chi connectivity index (χ2n) is 5.92. The zero-order valence-corrected chi connectivity index (χ0v) is 12.5. The van der Waals surface area contributed by atoms with E-state index in [1.54, 1.807) is 0 Å². The fourth-order valence-corrected chi connectivity index (χ4v) is 3.22. The first-order valence-corrected chi connectivity index (χ1v) is 7.60. The number of aliphatic hydroxyl groups is 2. The third-order valence-electron chi connectivity index (χ3n) is 4.44. The molecule has 2 N–H and O–H groups in total. The molecular formula is C17H24O4. The topological polar surface area (TPSA) is 66.8 Å². The van der Waals surface area contributed by atoms with Crippen molar-refractivity contribution in [3.05, 3.63) is 35.9 Å². The molecule has 1 aliphatic rings. The molecule has 1 saturated carbocycles. The van der Waals surface area contributed by atoms with E-state index in [9.17, 15) is 15.0 Å². The molecule has 0 bridgehead atoms. The number of hydrogen-bond acceptors (Lipinski definition) is 4. The minimum Gasteiger partial charge on any atom is -0.467 e. The molecule has 0 aliphatic heterocycles. The summed E-state index contributed by atoms with van der Waals surface area (Å²) < 4.78 is 4.75. The Bertz CT molecular complexity index is 453. The van der Waals surface area contributed by atoms with Crippen LogP contribution < -0.4 is 0 Å². The number of methoxy groups -OCH3 is 1. The van der Waals surface area contributed by atoms with Gasteiger partial charge in [-0.25, -0.2) is 4.79 Å². The standard InChI is InChI=1S/C17H24O4/c1-21-16(19)17(20,12-13-8-4-2-5-9-13)15(18)14-10-6-3-7-11-14/h2,4-5,8-9,14-15,18,20H,3,6-7,10-12H2,1H3/t15-,17+/m0/s1. The van der Waals surface area contributed by atoms with Gasteiger partial charge in [-0.05, 0) is 24.3 Å². The molecule has 1 aromatic carbocycles. The molecule has 0 amide bonds. The number of rotatable bonds is 5. The van der Waals surface area contributed by atoms with Gasteiger partial charge in [-0.1, -0.05) is 49.6 Å². The van der Waals surface area contributed by atoms with Crippen molar-refractivity contribution in [1.29, 1.82) is 0 Å². The minimum atomic E-state index is -1.88. The van der Waals surface area contributed by atoms with Gasteiger partial charge < -0.3 is 14.9 Å². The summed E-state index contributed by atoms with van der Waals surface area (Å²) in [6.45, 7) is 0. The van der Waals surface area contributed by atoms with Crippen LogP contribution in [0.1, 0.15) is 37.7 Å². The van der Waals surface area contributed by atoms with Gasteiger partial charge in [-0.15, -0.1) is 0 Å². The van der Waals surface area contributed by atoms with Crippen molar-refractivity contribution in [1.82, 2.24) is 0 Å². The van der Waals surface area contributed by atoms with Gasteiger partial charge in [0.2, 0.25) is 0 Å². The highest BCUT2D eigenvalue weighted by Gasteiger charge is 2.47. The van der Waals surface area contributed by atoms with E-state index in [0.29, 0.717) is 0 Å². The van der Waals surface area contributed by atoms with Crippen LogP contribution in [0.5, 0.6) is 0 Å². The van der Waals surface area contributed by atoms with E-state index in [-0.39, 0.29) is 12.3 Å². The van der Waals surface area contributed by atoms with Gasteiger partial charge in [0.05, 0.1) is 13.2 Å². The van der Waals surface area contributed by atoms with Crippen LogP contribution in [0.3, 0.4) is 0 Å². The van der Waals surface area contributed by atoms with E-state index in [1.807, 2.05) is 30.3 Å². The Labute approximate surface area is 125 Å². The molecule has 2 rings (SSSR count). The molecule has 1 aromatic rings. The van der Waals surface area contributed by atoms with Gasteiger partial charge in [0, 0.05) is 6.42 Å². The van der Waals surface area contributed by atoms with Crippen LogP contribution in [0, 0.1) is 5.92 Å². The maximum absolute atomic E-state index is 12.1. The molecule has 1 aliphatic carbocycles. The lowest BCUT2D eigenvalue weighted by Crippen LogP contribution is -2.55. The van der Waals surface area contributed by atoms with Gasteiger partial charge in [0.15, 0.2) is 5.60 Å². The predicted octanol–water partition coefficient (Wildman–Crippen LogP) is 2.07. The molecule has 0 aromatic heterocycles. The van der Waals surface area contributed by atoms with Crippen LogP contribution in [0.15, 0.2) is 30.3 Å². The number of ether oxygens (including phenoxy) is 1. The first-order chi connectivity index (χ1) is 10.1. The normalized spacial score (nSPS) is 20.5. The van der Waals surface area contributed by atoms with Crippen LogP contribution in [0.2, 0.25) is 0 Å². The minimum absolute atomic E-state index is 0.0495. The summed E-state index contributed by atoms with van der Waals surface area (Å²) in [5, 5.41) is 21.4. The number of aliphatic hydroxyl groups excluding tert-OH is 1. The SMILES string of the molecule is COC(=O)[C@@](O)(Cc1ccccc1)[C@@H](O)C1CCCCC1. The molecule has 0 unspecified atom stereocenters. The summed E-state index contributed by atoms with van der Waals surface area (Å²) in [5.41, 5.74) is -1.07. The van der Waals surface area contributed by atoms with Gasteiger partial charge in [-0.3, -0.25) is 0 Å². The quantitative estimate of drug-likeness (QED) is 0.815. The van der Waals surface area contributed by atoms with E-state index in [4.69, 9.17) is 4.74 Å². The summed E-state index contributed by atoms with van der Waals surface area (Å²) in [6, 6.07) is 9.24. The van der Waals surface area contributed by atoms with E-state index in [0.717, 1.165) is 37.7 Å². The van der Waals surface area contributed by atoms with E-state index >= 15 is 0 Å². The van der Waals surface area contributed by atoms with Crippen LogP contribution in [0.25, 0.3) is 0 Å². The predicted molar refractivity (Wildman–Crippen MR) is 79.7 cm³/mol. The lowest BCUT2D eigenvalue weighted by Gasteiger charge is -2.37. The smallest absolute Gasteiger partial charge is 0.340 e. The number of esters is 1. The Morgan fingerprint density at radius 2 is 1.90 bits per heavy atom. The number of carbonyl (C=O) groups excluding carboxylic acids is 1. The number of hydrogen-bond donors (Lipinski definition) is 2. The second kappa shape index (κ2) is 7.05. The summed E-state index contributed by atoms with van der Waals surface area (Å²) in [5.74, 6) is -0.809. The van der Waals surface area contributed by atoms with Crippen LogP contribution in [0.4, 0.5) is 0 Å². The Balaban J connectivity index is 2.21. The third-order valence-corrected chi connectivity index (χ3v) is 4.44. The molecule has 0 saturated heterocycles. The first kappa shape index (κ1) is 16.0. The van der Waals surface area contributed by atoms with Crippen molar-refractivity contribution in [3.8, 4) is 0 Å². The van der Waals surface area contributed by atoms with Crippen molar-refractivity contribution in [2.45, 2.75) is 50.2 Å². The maximum Gasteiger partial charge on any atom is 0.340 e. The molecule has 2 atom stereocenters. The Kier molecular flexibility index (Phi) is 5.37. The highest BCUT2D eigenvalue weighted by atomic mass is 16.5. The summed E-state index contributed by atoms with van der Waals surface area (Å²) in [7, 11) is 1.24. The summed E-state index contributed by atoms with van der Waals surface area (Å²) in [6.07, 6.45) is 3.88. The maximum atomic E-state index is 12.1. The number of carbonyl (C=O) groups is 1. The summed E-state index contributed by atoms with van der Waals surface area (Å²) >= 11 is 0.